The summed E-state index contributed by atoms with van der Waals surface area (Å²) in [6.07, 6.45) is 0.590. The Morgan fingerprint density at radius 3 is 2.87 bits per heavy atom. The van der Waals surface area contributed by atoms with Gasteiger partial charge in [0.05, 0.1) is 29.3 Å². The molecule has 0 N–H and O–H groups in total. The van der Waals surface area contributed by atoms with E-state index in [1.54, 1.807) is 9.80 Å². The predicted molar refractivity (Wildman–Crippen MR) is 82.8 cm³/mol. The van der Waals surface area contributed by atoms with Crippen molar-refractivity contribution in [3.8, 4) is 0 Å². The number of benzene rings is 1. The van der Waals surface area contributed by atoms with Crippen molar-refractivity contribution in [1.29, 1.82) is 0 Å². The standard InChI is InChI=1S/C16H18ClFN2O3/c1-10(21)20-7-8-23-14-5-6-19(9-13(14)20)16(22)11-3-2-4-12(18)15(11)17/h2-4,13-14H,5-9H2,1H3. The highest BCUT2D eigenvalue weighted by atomic mass is 35.5. The zero-order chi connectivity index (χ0) is 16.6. The third-order valence-electron chi connectivity index (χ3n) is 4.46. The number of amides is 2. The number of hydrogen-bond donors (Lipinski definition) is 0. The fraction of sp³-hybridized carbons (Fsp3) is 0.500. The lowest BCUT2D eigenvalue weighted by atomic mass is 9.98. The maximum atomic E-state index is 13.6. The van der Waals surface area contributed by atoms with E-state index in [-0.39, 0.29) is 34.5 Å². The van der Waals surface area contributed by atoms with Gasteiger partial charge in [0.1, 0.15) is 5.82 Å². The second kappa shape index (κ2) is 6.45. The van der Waals surface area contributed by atoms with E-state index in [2.05, 4.69) is 0 Å². The number of carbonyl (C=O) groups is 2. The van der Waals surface area contributed by atoms with Crippen LogP contribution in [0.5, 0.6) is 0 Å². The molecule has 124 valence electrons. The minimum Gasteiger partial charge on any atom is -0.374 e. The first kappa shape index (κ1) is 16.2. The van der Waals surface area contributed by atoms with Gasteiger partial charge >= 0.3 is 0 Å². The largest absolute Gasteiger partial charge is 0.374 e. The Morgan fingerprint density at radius 1 is 1.35 bits per heavy atom. The number of hydrogen-bond acceptors (Lipinski definition) is 3. The first-order valence-corrected chi connectivity index (χ1v) is 7.99. The number of rotatable bonds is 1. The minimum absolute atomic E-state index is 0.0265. The zero-order valence-corrected chi connectivity index (χ0v) is 13.6. The van der Waals surface area contributed by atoms with Crippen molar-refractivity contribution >= 4 is 23.4 Å². The highest BCUT2D eigenvalue weighted by molar-refractivity contribution is 6.34. The first-order chi connectivity index (χ1) is 11.0. The molecule has 2 heterocycles. The van der Waals surface area contributed by atoms with Gasteiger partial charge in [0, 0.05) is 26.6 Å². The van der Waals surface area contributed by atoms with E-state index >= 15 is 0 Å². The van der Waals surface area contributed by atoms with Gasteiger partial charge in [-0.05, 0) is 18.6 Å². The Hall–Kier alpha value is -1.66. The molecule has 0 aromatic heterocycles. The van der Waals surface area contributed by atoms with Crippen LogP contribution in [0.1, 0.15) is 23.7 Å². The van der Waals surface area contributed by atoms with Crippen LogP contribution in [-0.4, -0.2) is 60.0 Å². The number of nitrogens with zero attached hydrogens (tertiary/aromatic N) is 2. The van der Waals surface area contributed by atoms with Gasteiger partial charge < -0.3 is 14.5 Å². The van der Waals surface area contributed by atoms with Crippen LogP contribution < -0.4 is 0 Å². The molecular weight excluding hydrogens is 323 g/mol. The quantitative estimate of drug-likeness (QED) is 0.785. The van der Waals surface area contributed by atoms with Gasteiger partial charge in [0.15, 0.2) is 0 Å². The molecule has 0 bridgehead atoms. The Labute approximate surface area is 138 Å². The summed E-state index contributed by atoms with van der Waals surface area (Å²) in [4.78, 5) is 27.8. The Balaban J connectivity index is 1.80. The Bertz CT molecular complexity index is 640. The number of piperidine rings is 1. The fourth-order valence-electron chi connectivity index (χ4n) is 3.29. The Kier molecular flexibility index (Phi) is 4.55. The summed E-state index contributed by atoms with van der Waals surface area (Å²) in [6.45, 7) is 3.44. The Morgan fingerprint density at radius 2 is 2.13 bits per heavy atom. The second-order valence-corrected chi connectivity index (χ2v) is 6.21. The molecule has 0 aliphatic carbocycles. The molecule has 1 aromatic rings. The molecule has 1 aromatic carbocycles. The van der Waals surface area contributed by atoms with Crippen LogP contribution in [0.15, 0.2) is 18.2 Å². The zero-order valence-electron chi connectivity index (χ0n) is 12.8. The monoisotopic (exact) mass is 340 g/mol. The number of halogens is 2. The van der Waals surface area contributed by atoms with Crippen LogP contribution in [0.4, 0.5) is 4.39 Å². The van der Waals surface area contributed by atoms with Crippen LogP contribution in [0.2, 0.25) is 5.02 Å². The van der Waals surface area contributed by atoms with Gasteiger partial charge in [-0.25, -0.2) is 4.39 Å². The topological polar surface area (TPSA) is 49.9 Å². The highest BCUT2D eigenvalue weighted by Crippen LogP contribution is 2.26. The normalized spacial score (nSPS) is 24.3. The summed E-state index contributed by atoms with van der Waals surface area (Å²) < 4.78 is 19.3. The van der Waals surface area contributed by atoms with Gasteiger partial charge in [0.2, 0.25) is 5.91 Å². The lowest BCUT2D eigenvalue weighted by molar-refractivity contribution is -0.149. The van der Waals surface area contributed by atoms with E-state index in [1.165, 1.54) is 25.1 Å². The summed E-state index contributed by atoms with van der Waals surface area (Å²) in [5.41, 5.74) is 0.149. The van der Waals surface area contributed by atoms with Crippen LogP contribution >= 0.6 is 11.6 Å². The third-order valence-corrected chi connectivity index (χ3v) is 4.84. The molecule has 2 amide bonds. The first-order valence-electron chi connectivity index (χ1n) is 7.61. The molecular formula is C16H18ClFN2O3. The van der Waals surface area contributed by atoms with Gasteiger partial charge in [0.25, 0.3) is 5.91 Å². The van der Waals surface area contributed by atoms with Crippen molar-refractivity contribution in [2.24, 2.45) is 0 Å². The number of morpholine rings is 1. The lowest BCUT2D eigenvalue weighted by Crippen LogP contribution is -2.61. The number of ether oxygens (including phenoxy) is 1. The third kappa shape index (κ3) is 3.05. The van der Waals surface area contributed by atoms with Gasteiger partial charge in [-0.2, -0.15) is 0 Å². The molecule has 2 unspecified atom stereocenters. The lowest BCUT2D eigenvalue weighted by Gasteiger charge is -2.46. The van der Waals surface area contributed by atoms with Crippen molar-refractivity contribution in [1.82, 2.24) is 9.80 Å². The number of carbonyl (C=O) groups excluding carboxylic acids is 2. The molecule has 2 saturated heterocycles. The predicted octanol–water partition coefficient (Wildman–Crippen LogP) is 1.94. The van der Waals surface area contributed by atoms with Gasteiger partial charge in [-0.3, -0.25) is 9.59 Å². The van der Waals surface area contributed by atoms with E-state index in [1.807, 2.05) is 0 Å². The summed E-state index contributed by atoms with van der Waals surface area (Å²) in [5, 5.41) is -0.164. The summed E-state index contributed by atoms with van der Waals surface area (Å²) in [7, 11) is 0. The van der Waals surface area contributed by atoms with Crippen molar-refractivity contribution < 1.29 is 18.7 Å². The molecule has 5 nitrogen and oxygen atoms in total. The van der Waals surface area contributed by atoms with E-state index in [0.29, 0.717) is 32.7 Å². The van der Waals surface area contributed by atoms with Gasteiger partial charge in [-0.15, -0.1) is 0 Å². The second-order valence-electron chi connectivity index (χ2n) is 5.83. The average Bonchev–Trinajstić information content (AvgIpc) is 2.55. The highest BCUT2D eigenvalue weighted by Gasteiger charge is 2.39. The van der Waals surface area contributed by atoms with Crippen LogP contribution in [0, 0.1) is 5.82 Å². The average molecular weight is 341 g/mol. The molecule has 2 atom stereocenters. The van der Waals surface area contributed by atoms with Crippen molar-refractivity contribution in [2.75, 3.05) is 26.2 Å². The van der Waals surface area contributed by atoms with E-state index in [9.17, 15) is 14.0 Å². The van der Waals surface area contributed by atoms with Crippen LogP contribution in [0.25, 0.3) is 0 Å². The molecule has 0 spiro atoms. The summed E-state index contributed by atoms with van der Waals surface area (Å²) in [5.74, 6) is -0.956. The molecule has 23 heavy (non-hydrogen) atoms. The molecule has 2 fully saturated rings. The molecule has 7 heteroatoms. The number of fused-ring (bicyclic) bond motifs is 1. The maximum absolute atomic E-state index is 13.6. The van der Waals surface area contributed by atoms with Crippen molar-refractivity contribution in [2.45, 2.75) is 25.5 Å². The molecule has 3 rings (SSSR count). The molecule has 2 aliphatic heterocycles. The number of likely N-dealkylation sites (tertiary alicyclic amines) is 1. The summed E-state index contributed by atoms with van der Waals surface area (Å²) in [6, 6.07) is 4.04. The van der Waals surface area contributed by atoms with Gasteiger partial charge in [-0.1, -0.05) is 17.7 Å². The van der Waals surface area contributed by atoms with Crippen molar-refractivity contribution in [3.05, 3.63) is 34.6 Å². The minimum atomic E-state index is -0.612. The molecule has 0 saturated carbocycles. The van der Waals surface area contributed by atoms with Crippen LogP contribution in [-0.2, 0) is 9.53 Å². The van der Waals surface area contributed by atoms with E-state index in [0.717, 1.165) is 0 Å². The molecule has 2 aliphatic rings. The maximum Gasteiger partial charge on any atom is 0.255 e. The van der Waals surface area contributed by atoms with Crippen molar-refractivity contribution in [3.63, 3.8) is 0 Å². The van der Waals surface area contributed by atoms with Crippen LogP contribution in [0.3, 0.4) is 0 Å². The summed E-state index contributed by atoms with van der Waals surface area (Å²) >= 11 is 5.91. The molecule has 0 radical (unpaired) electrons. The smallest absolute Gasteiger partial charge is 0.255 e. The SMILES string of the molecule is CC(=O)N1CCOC2CCN(C(=O)c3cccc(F)c3Cl)CC21. The fourth-order valence-corrected chi connectivity index (χ4v) is 3.49. The van der Waals surface area contributed by atoms with E-state index < -0.39 is 5.82 Å². The van der Waals surface area contributed by atoms with E-state index in [4.69, 9.17) is 16.3 Å².